The Morgan fingerprint density at radius 2 is 2.56 bits per heavy atom. The molecule has 1 N–H and O–H groups in total. The second-order valence-electron chi connectivity index (χ2n) is 2.41. The molecule has 1 rings (SSSR count). The highest BCUT2D eigenvalue weighted by atomic mass is 32.1. The van der Waals surface area contributed by atoms with Crippen LogP contribution in [0.4, 0.5) is 0 Å². The van der Waals surface area contributed by atoms with E-state index in [0.29, 0.717) is 11.1 Å². The van der Waals surface area contributed by atoms with E-state index in [1.165, 1.54) is 0 Å². The Morgan fingerprint density at radius 3 is 3.33 bits per heavy atom. The molecule has 1 atom stereocenters. The van der Waals surface area contributed by atoms with Crippen molar-refractivity contribution in [2.24, 2.45) is 5.92 Å². The lowest BCUT2D eigenvalue weighted by atomic mass is 10.1. The van der Waals surface area contributed by atoms with Gasteiger partial charge in [0.1, 0.15) is 0 Å². The van der Waals surface area contributed by atoms with Gasteiger partial charge in [0.2, 0.25) is 0 Å². The lowest BCUT2D eigenvalue weighted by molar-refractivity contribution is 0.294. The molecule has 1 unspecified atom stereocenters. The topological polar surface area (TPSA) is 21.3 Å². The minimum Gasteiger partial charge on any atom is -0.471 e. The van der Waals surface area contributed by atoms with Crippen molar-refractivity contribution in [2.75, 3.05) is 13.2 Å². The molecule has 0 amide bonds. The van der Waals surface area contributed by atoms with E-state index in [-0.39, 0.29) is 0 Å². The first-order valence-corrected chi connectivity index (χ1v) is 3.60. The molecule has 1 heterocycles. The number of thiocarbonyl (C=S) groups is 1. The molecule has 0 radical (unpaired) electrons. The van der Waals surface area contributed by atoms with Gasteiger partial charge in [-0.25, -0.2) is 0 Å². The second-order valence-corrected chi connectivity index (χ2v) is 2.78. The predicted octanol–water partition coefficient (Wildman–Crippen LogP) is 0.917. The summed E-state index contributed by atoms with van der Waals surface area (Å²) in [5.41, 5.74) is 0. The van der Waals surface area contributed by atoms with E-state index in [2.05, 4.69) is 12.2 Å². The van der Waals surface area contributed by atoms with Crippen LogP contribution in [0.2, 0.25) is 0 Å². The highest BCUT2D eigenvalue weighted by Gasteiger charge is 2.08. The Balaban J connectivity index is 2.34. The third kappa shape index (κ3) is 2.18. The fraction of sp³-hybridized carbons (Fsp3) is 0.833. The van der Waals surface area contributed by atoms with Crippen molar-refractivity contribution in [3.8, 4) is 0 Å². The van der Waals surface area contributed by atoms with Crippen molar-refractivity contribution in [1.82, 2.24) is 5.32 Å². The van der Waals surface area contributed by atoms with Crippen LogP contribution in [-0.4, -0.2) is 18.3 Å². The van der Waals surface area contributed by atoms with Gasteiger partial charge in [-0.3, -0.25) is 0 Å². The molecule has 1 aliphatic rings. The van der Waals surface area contributed by atoms with Crippen molar-refractivity contribution in [2.45, 2.75) is 13.3 Å². The maximum Gasteiger partial charge on any atom is 0.256 e. The van der Waals surface area contributed by atoms with Crippen LogP contribution in [0.3, 0.4) is 0 Å². The minimum atomic E-state index is 0.555. The maximum atomic E-state index is 5.09. The quantitative estimate of drug-likeness (QED) is 0.512. The van der Waals surface area contributed by atoms with Crippen LogP contribution in [0.5, 0.6) is 0 Å². The van der Waals surface area contributed by atoms with Crippen molar-refractivity contribution in [1.29, 1.82) is 0 Å². The van der Waals surface area contributed by atoms with Gasteiger partial charge < -0.3 is 10.1 Å². The molecule has 52 valence electrons. The van der Waals surface area contributed by atoms with Gasteiger partial charge in [0, 0.05) is 6.54 Å². The molecule has 0 aromatic heterocycles. The molecule has 0 aliphatic carbocycles. The predicted molar refractivity (Wildman–Crippen MR) is 40.3 cm³/mol. The van der Waals surface area contributed by atoms with E-state index in [9.17, 15) is 0 Å². The molecule has 0 spiro atoms. The second kappa shape index (κ2) is 3.01. The van der Waals surface area contributed by atoms with E-state index in [1.807, 2.05) is 0 Å². The molecule has 3 heteroatoms. The van der Waals surface area contributed by atoms with Gasteiger partial charge in [-0.05, 0) is 24.6 Å². The average Bonchev–Trinajstić information content (AvgIpc) is 1.97. The first kappa shape index (κ1) is 6.81. The van der Waals surface area contributed by atoms with Crippen LogP contribution in [-0.2, 0) is 4.74 Å². The van der Waals surface area contributed by atoms with Gasteiger partial charge >= 0.3 is 0 Å². The van der Waals surface area contributed by atoms with E-state index >= 15 is 0 Å². The van der Waals surface area contributed by atoms with Gasteiger partial charge in [0.05, 0.1) is 6.61 Å². The molecular formula is C6H11NOS. The number of rotatable bonds is 0. The van der Waals surface area contributed by atoms with Gasteiger partial charge in [-0.15, -0.1) is 0 Å². The molecular weight excluding hydrogens is 134 g/mol. The van der Waals surface area contributed by atoms with Crippen molar-refractivity contribution < 1.29 is 4.74 Å². The van der Waals surface area contributed by atoms with E-state index in [0.717, 1.165) is 19.6 Å². The summed E-state index contributed by atoms with van der Waals surface area (Å²) in [6, 6.07) is 0. The van der Waals surface area contributed by atoms with Crippen LogP contribution >= 0.6 is 12.2 Å². The van der Waals surface area contributed by atoms with Crippen LogP contribution in [0.15, 0.2) is 0 Å². The highest BCUT2D eigenvalue weighted by Crippen LogP contribution is 2.03. The van der Waals surface area contributed by atoms with Gasteiger partial charge in [0.25, 0.3) is 5.17 Å². The van der Waals surface area contributed by atoms with Crippen molar-refractivity contribution in [3.05, 3.63) is 0 Å². The van der Waals surface area contributed by atoms with Gasteiger partial charge in [0.15, 0.2) is 0 Å². The zero-order chi connectivity index (χ0) is 6.69. The van der Waals surface area contributed by atoms with E-state index in [4.69, 9.17) is 17.0 Å². The number of hydrogen-bond donors (Lipinski definition) is 1. The van der Waals surface area contributed by atoms with Crippen LogP contribution < -0.4 is 5.32 Å². The molecule has 0 saturated carbocycles. The fourth-order valence-corrected chi connectivity index (χ4v) is 0.930. The molecule has 9 heavy (non-hydrogen) atoms. The van der Waals surface area contributed by atoms with E-state index in [1.54, 1.807) is 0 Å². The Labute approximate surface area is 60.6 Å². The lowest BCUT2D eigenvalue weighted by Gasteiger charge is -2.02. The highest BCUT2D eigenvalue weighted by molar-refractivity contribution is 7.80. The number of hydrogen-bond acceptors (Lipinski definition) is 2. The Morgan fingerprint density at radius 1 is 1.78 bits per heavy atom. The summed E-state index contributed by atoms with van der Waals surface area (Å²) >= 11 is 4.81. The Kier molecular flexibility index (Phi) is 2.28. The van der Waals surface area contributed by atoms with E-state index < -0.39 is 0 Å². The lowest BCUT2D eigenvalue weighted by Crippen LogP contribution is -2.24. The summed E-state index contributed by atoms with van der Waals surface area (Å²) in [7, 11) is 0. The normalized spacial score (nSPS) is 28.1. The Bertz CT molecular complexity index is 116. The monoisotopic (exact) mass is 145 g/mol. The van der Waals surface area contributed by atoms with Crippen molar-refractivity contribution >= 4 is 17.4 Å². The summed E-state index contributed by atoms with van der Waals surface area (Å²) in [5.74, 6) is 0.686. The van der Waals surface area contributed by atoms with Crippen LogP contribution in [0.25, 0.3) is 0 Å². The smallest absolute Gasteiger partial charge is 0.256 e. The molecule has 2 nitrogen and oxygen atoms in total. The largest absolute Gasteiger partial charge is 0.471 e. The van der Waals surface area contributed by atoms with Crippen LogP contribution in [0, 0.1) is 5.92 Å². The zero-order valence-electron chi connectivity index (χ0n) is 5.52. The van der Waals surface area contributed by atoms with Crippen LogP contribution in [0.1, 0.15) is 13.3 Å². The van der Waals surface area contributed by atoms with Crippen molar-refractivity contribution in [3.63, 3.8) is 0 Å². The summed E-state index contributed by atoms with van der Waals surface area (Å²) < 4.78 is 5.09. The summed E-state index contributed by atoms with van der Waals surface area (Å²) in [4.78, 5) is 0. The SMILES string of the molecule is CC1CCOC(=S)NC1. The first-order valence-electron chi connectivity index (χ1n) is 3.19. The summed E-state index contributed by atoms with van der Waals surface area (Å²) in [6.45, 7) is 3.91. The summed E-state index contributed by atoms with van der Waals surface area (Å²) in [5, 5.41) is 3.56. The molecule has 1 aliphatic heterocycles. The standard InChI is InChI=1S/C6H11NOS/c1-5-2-3-8-6(9)7-4-5/h5H,2-4H2,1H3,(H,7,9). The van der Waals surface area contributed by atoms with Gasteiger partial charge in [-0.1, -0.05) is 6.92 Å². The summed E-state index contributed by atoms with van der Waals surface area (Å²) in [6.07, 6.45) is 1.10. The number of ether oxygens (including phenoxy) is 1. The third-order valence-corrected chi connectivity index (χ3v) is 1.70. The molecule has 0 bridgehead atoms. The molecule has 1 saturated heterocycles. The minimum absolute atomic E-state index is 0.555. The maximum absolute atomic E-state index is 5.09. The molecule has 1 fully saturated rings. The average molecular weight is 145 g/mol. The fourth-order valence-electron chi connectivity index (χ4n) is 0.763. The first-order chi connectivity index (χ1) is 4.29. The molecule has 0 aromatic carbocycles. The number of nitrogens with one attached hydrogen (secondary N) is 1. The van der Waals surface area contributed by atoms with Gasteiger partial charge in [-0.2, -0.15) is 0 Å². The molecule has 0 aromatic rings. The Hall–Kier alpha value is -0.310. The zero-order valence-corrected chi connectivity index (χ0v) is 6.33. The third-order valence-electron chi connectivity index (χ3n) is 1.44.